The number of carbonyl (C=O) groups excluding carboxylic acids is 3. The largest absolute Gasteiger partial charge is 0.467 e. The van der Waals surface area contributed by atoms with Crippen LogP contribution in [0.15, 0.2) is 54.7 Å². The molecular weight excluding hydrogens is 418 g/mol. The van der Waals surface area contributed by atoms with Gasteiger partial charge in [0.05, 0.1) is 13.2 Å². The number of aromatic amines is 1. The Kier molecular flexibility index (Phi) is 6.49. The minimum absolute atomic E-state index is 0.0875. The number of hydrogen-bond acceptors (Lipinski definition) is 4. The summed E-state index contributed by atoms with van der Waals surface area (Å²) in [6.45, 7) is 4.20. The number of ether oxygens (including phenoxy) is 1. The Balaban J connectivity index is 1.56. The van der Waals surface area contributed by atoms with Crippen molar-refractivity contribution in [2.75, 3.05) is 13.7 Å². The average Bonchev–Trinajstić information content (AvgIpc) is 3.35. The van der Waals surface area contributed by atoms with Crippen molar-refractivity contribution >= 4 is 28.7 Å². The molecule has 0 spiro atoms. The van der Waals surface area contributed by atoms with E-state index in [1.54, 1.807) is 4.90 Å². The predicted molar refractivity (Wildman–Crippen MR) is 126 cm³/mol. The van der Waals surface area contributed by atoms with Crippen LogP contribution in [-0.2, 0) is 14.3 Å². The lowest BCUT2D eigenvalue weighted by Gasteiger charge is -2.26. The fraction of sp³-hybridized carbons (Fsp3) is 0.346. The number of esters is 1. The standard InChI is InChI=1S/C26H29N3O4/c1-16(2)14-22(26(32)33-3)28-23(30)12-13-29-24(18-9-4-5-10-19(18)25(29)31)20-15-27-21-11-7-6-8-17(20)21/h4-11,15-16,22,24,27H,12-14H2,1-3H3,(H,28,30)/t22-,24+/m0/s1. The van der Waals surface area contributed by atoms with Gasteiger partial charge in [-0.05, 0) is 30.0 Å². The molecule has 2 N–H and O–H groups in total. The molecule has 0 saturated heterocycles. The highest BCUT2D eigenvalue weighted by Crippen LogP contribution is 2.41. The van der Waals surface area contributed by atoms with Gasteiger partial charge in [-0.25, -0.2) is 4.79 Å². The van der Waals surface area contributed by atoms with Gasteiger partial charge in [0.2, 0.25) is 5.91 Å². The molecule has 0 saturated carbocycles. The monoisotopic (exact) mass is 447 g/mol. The summed E-state index contributed by atoms with van der Waals surface area (Å²) in [5.41, 5.74) is 3.58. The van der Waals surface area contributed by atoms with E-state index in [9.17, 15) is 14.4 Å². The maximum absolute atomic E-state index is 13.3. The van der Waals surface area contributed by atoms with Crippen molar-refractivity contribution in [1.29, 1.82) is 0 Å². The number of rotatable bonds is 8. The van der Waals surface area contributed by atoms with Crippen molar-refractivity contribution in [3.8, 4) is 0 Å². The molecule has 0 aliphatic carbocycles. The Morgan fingerprint density at radius 2 is 1.82 bits per heavy atom. The molecule has 2 amide bonds. The van der Waals surface area contributed by atoms with Crippen LogP contribution in [0, 0.1) is 5.92 Å². The van der Waals surface area contributed by atoms with E-state index in [-0.39, 0.29) is 36.7 Å². The van der Waals surface area contributed by atoms with Gasteiger partial charge in [-0.3, -0.25) is 9.59 Å². The highest BCUT2D eigenvalue weighted by Gasteiger charge is 2.38. The Hall–Kier alpha value is -3.61. The van der Waals surface area contributed by atoms with Crippen LogP contribution in [0.2, 0.25) is 0 Å². The van der Waals surface area contributed by atoms with Crippen molar-refractivity contribution in [2.24, 2.45) is 5.92 Å². The van der Waals surface area contributed by atoms with Crippen LogP contribution in [0.25, 0.3) is 10.9 Å². The number of nitrogens with zero attached hydrogens (tertiary/aromatic N) is 1. The van der Waals surface area contributed by atoms with Gasteiger partial charge in [-0.15, -0.1) is 0 Å². The van der Waals surface area contributed by atoms with Crippen LogP contribution in [-0.4, -0.2) is 47.4 Å². The second-order valence-corrected chi connectivity index (χ2v) is 8.80. The molecule has 4 rings (SSSR count). The summed E-state index contributed by atoms with van der Waals surface area (Å²) < 4.78 is 4.84. The molecule has 1 aromatic heterocycles. The Morgan fingerprint density at radius 3 is 2.58 bits per heavy atom. The number of amides is 2. The molecule has 7 nitrogen and oxygen atoms in total. The molecule has 2 aromatic carbocycles. The summed E-state index contributed by atoms with van der Waals surface area (Å²) >= 11 is 0. The van der Waals surface area contributed by atoms with Crippen molar-refractivity contribution in [3.63, 3.8) is 0 Å². The van der Waals surface area contributed by atoms with Gasteiger partial charge < -0.3 is 19.9 Å². The van der Waals surface area contributed by atoms with E-state index in [1.165, 1.54) is 7.11 Å². The smallest absolute Gasteiger partial charge is 0.328 e. The molecule has 1 aliphatic rings. The predicted octanol–water partition coefficient (Wildman–Crippen LogP) is 3.81. The Morgan fingerprint density at radius 1 is 1.09 bits per heavy atom. The number of aromatic nitrogens is 1. The average molecular weight is 448 g/mol. The van der Waals surface area contributed by atoms with Crippen molar-refractivity contribution in [1.82, 2.24) is 15.2 Å². The van der Waals surface area contributed by atoms with Crippen LogP contribution in [0.5, 0.6) is 0 Å². The minimum atomic E-state index is -0.696. The normalized spacial score (nSPS) is 16.2. The molecular formula is C26H29N3O4. The van der Waals surface area contributed by atoms with E-state index in [2.05, 4.69) is 10.3 Å². The topological polar surface area (TPSA) is 91.5 Å². The summed E-state index contributed by atoms with van der Waals surface area (Å²) in [5, 5.41) is 3.83. The highest BCUT2D eigenvalue weighted by molar-refractivity contribution is 6.01. The second-order valence-electron chi connectivity index (χ2n) is 8.80. The number of carbonyl (C=O) groups is 3. The first-order valence-corrected chi connectivity index (χ1v) is 11.2. The van der Waals surface area contributed by atoms with Gasteiger partial charge in [0, 0.05) is 41.2 Å². The molecule has 0 radical (unpaired) electrons. The molecule has 2 heterocycles. The van der Waals surface area contributed by atoms with Crippen molar-refractivity contribution in [2.45, 2.75) is 38.8 Å². The van der Waals surface area contributed by atoms with Crippen molar-refractivity contribution < 1.29 is 19.1 Å². The lowest BCUT2D eigenvalue weighted by Crippen LogP contribution is -2.43. The number of benzene rings is 2. The summed E-state index contributed by atoms with van der Waals surface area (Å²) in [6.07, 6.45) is 2.52. The van der Waals surface area contributed by atoms with Gasteiger partial charge in [0.15, 0.2) is 0 Å². The SMILES string of the molecule is COC(=O)[C@H](CC(C)C)NC(=O)CCN1C(=O)c2ccccc2[C@@H]1c1c[nH]c2ccccc12. The van der Waals surface area contributed by atoms with Gasteiger partial charge in [0.1, 0.15) is 6.04 Å². The van der Waals surface area contributed by atoms with Gasteiger partial charge in [0.25, 0.3) is 5.91 Å². The first-order valence-electron chi connectivity index (χ1n) is 11.2. The highest BCUT2D eigenvalue weighted by atomic mass is 16.5. The third-order valence-electron chi connectivity index (χ3n) is 6.08. The fourth-order valence-electron chi connectivity index (χ4n) is 4.57. The second kappa shape index (κ2) is 9.48. The number of nitrogens with one attached hydrogen (secondary N) is 2. The van der Waals surface area contributed by atoms with Crippen LogP contribution in [0.4, 0.5) is 0 Å². The lowest BCUT2D eigenvalue weighted by molar-refractivity contribution is -0.145. The zero-order valence-corrected chi connectivity index (χ0v) is 19.1. The molecule has 33 heavy (non-hydrogen) atoms. The zero-order valence-electron chi connectivity index (χ0n) is 19.1. The molecule has 172 valence electrons. The number of para-hydroxylation sites is 1. The van der Waals surface area contributed by atoms with Gasteiger partial charge >= 0.3 is 5.97 Å². The van der Waals surface area contributed by atoms with E-state index in [1.807, 2.05) is 68.6 Å². The third kappa shape index (κ3) is 4.49. The van der Waals surface area contributed by atoms with E-state index >= 15 is 0 Å². The number of H-pyrrole nitrogens is 1. The molecule has 7 heteroatoms. The Labute approximate surface area is 193 Å². The van der Waals surface area contributed by atoms with E-state index in [0.29, 0.717) is 12.0 Å². The Bertz CT molecular complexity index is 1180. The molecule has 0 bridgehead atoms. The van der Waals surface area contributed by atoms with Gasteiger partial charge in [-0.1, -0.05) is 50.2 Å². The third-order valence-corrected chi connectivity index (χ3v) is 6.08. The number of methoxy groups -OCH3 is 1. The maximum Gasteiger partial charge on any atom is 0.328 e. The molecule has 0 fully saturated rings. The van der Waals surface area contributed by atoms with Crippen LogP contribution in [0.1, 0.15) is 54.2 Å². The molecule has 0 unspecified atom stereocenters. The summed E-state index contributed by atoms with van der Waals surface area (Å²) in [5.74, 6) is -0.624. The number of hydrogen-bond donors (Lipinski definition) is 2. The quantitative estimate of drug-likeness (QED) is 0.514. The van der Waals surface area contributed by atoms with E-state index in [0.717, 1.165) is 22.0 Å². The maximum atomic E-state index is 13.3. The molecule has 1 aliphatic heterocycles. The summed E-state index contributed by atoms with van der Waals surface area (Å²) in [7, 11) is 1.31. The summed E-state index contributed by atoms with van der Waals surface area (Å²) in [4.78, 5) is 43.1. The number of fused-ring (bicyclic) bond motifs is 2. The van der Waals surface area contributed by atoms with Crippen LogP contribution >= 0.6 is 0 Å². The lowest BCUT2D eigenvalue weighted by atomic mass is 9.97. The van der Waals surface area contributed by atoms with E-state index < -0.39 is 12.0 Å². The molecule has 3 aromatic rings. The summed E-state index contributed by atoms with van der Waals surface area (Å²) in [6, 6.07) is 14.6. The first-order chi connectivity index (χ1) is 15.9. The fourth-order valence-corrected chi connectivity index (χ4v) is 4.57. The zero-order chi connectivity index (χ0) is 23.5. The molecule has 2 atom stereocenters. The van der Waals surface area contributed by atoms with Crippen molar-refractivity contribution in [3.05, 3.63) is 71.4 Å². The minimum Gasteiger partial charge on any atom is -0.467 e. The first kappa shape index (κ1) is 22.6. The van der Waals surface area contributed by atoms with E-state index in [4.69, 9.17) is 4.74 Å². The van der Waals surface area contributed by atoms with Crippen LogP contribution in [0.3, 0.4) is 0 Å². The van der Waals surface area contributed by atoms with Crippen LogP contribution < -0.4 is 5.32 Å². The van der Waals surface area contributed by atoms with Gasteiger partial charge in [-0.2, -0.15) is 0 Å².